The van der Waals surface area contributed by atoms with Crippen molar-refractivity contribution in [2.24, 2.45) is 0 Å². The largest absolute Gasteiger partial charge is 0.434 e. The molecule has 0 unspecified atom stereocenters. The van der Waals surface area contributed by atoms with Crippen LogP contribution in [0.3, 0.4) is 0 Å². The summed E-state index contributed by atoms with van der Waals surface area (Å²) in [6, 6.07) is 11.4. The van der Waals surface area contributed by atoms with E-state index in [0.29, 0.717) is 27.9 Å². The standard InChI is InChI=1S/C25H25F2N5O5/c1-28-22(35)18-7-6-15(8-19(18)29-9-16-4-2-3-5-20(16)37-24(26)27)17-10-30-23(31-11-17)25(36)13-32(14-25)21(34)12-33/h2-8,10-11,24,29,33,36H,9,12-14H2,1H3,(H,28,35). The highest BCUT2D eigenvalue weighted by Gasteiger charge is 2.47. The summed E-state index contributed by atoms with van der Waals surface area (Å²) in [5.74, 6) is -0.651. The molecule has 0 saturated carbocycles. The quantitative estimate of drug-likeness (QED) is 0.340. The van der Waals surface area contributed by atoms with Gasteiger partial charge in [0.05, 0.1) is 18.7 Å². The molecule has 37 heavy (non-hydrogen) atoms. The molecule has 1 aromatic heterocycles. The van der Waals surface area contributed by atoms with Crippen molar-refractivity contribution in [2.75, 3.05) is 32.1 Å². The maximum atomic E-state index is 12.8. The number of aromatic nitrogens is 2. The molecule has 10 nitrogen and oxygen atoms in total. The number of anilines is 1. The number of aliphatic hydroxyl groups is 2. The fraction of sp³-hybridized carbons (Fsp3) is 0.280. The fourth-order valence-corrected chi connectivity index (χ4v) is 3.97. The van der Waals surface area contributed by atoms with Gasteiger partial charge in [-0.2, -0.15) is 8.78 Å². The molecule has 2 aromatic carbocycles. The van der Waals surface area contributed by atoms with Gasteiger partial charge in [-0.05, 0) is 23.8 Å². The van der Waals surface area contributed by atoms with E-state index in [9.17, 15) is 23.5 Å². The molecule has 1 aliphatic heterocycles. The summed E-state index contributed by atoms with van der Waals surface area (Å²) in [4.78, 5) is 33.8. The van der Waals surface area contributed by atoms with Crippen LogP contribution < -0.4 is 15.4 Å². The van der Waals surface area contributed by atoms with E-state index in [1.165, 1.54) is 30.4 Å². The second-order valence-electron chi connectivity index (χ2n) is 8.41. The normalized spacial score (nSPS) is 14.2. The average Bonchev–Trinajstić information content (AvgIpc) is 2.89. The van der Waals surface area contributed by atoms with Crippen molar-refractivity contribution in [3.05, 3.63) is 71.8 Å². The van der Waals surface area contributed by atoms with E-state index < -0.39 is 24.7 Å². The molecule has 0 radical (unpaired) electrons. The number of rotatable bonds is 9. The van der Waals surface area contributed by atoms with E-state index in [4.69, 9.17) is 5.11 Å². The molecule has 0 bridgehead atoms. The Hall–Kier alpha value is -4.16. The van der Waals surface area contributed by atoms with Crippen molar-refractivity contribution in [2.45, 2.75) is 18.8 Å². The van der Waals surface area contributed by atoms with Crippen LogP contribution in [0.4, 0.5) is 14.5 Å². The van der Waals surface area contributed by atoms with Gasteiger partial charge in [0.1, 0.15) is 12.4 Å². The number of β-amino-alcohol motifs (C(OH)–C–C–N with tert-alkyl or cyclic N) is 1. The summed E-state index contributed by atoms with van der Waals surface area (Å²) in [5, 5.41) is 25.3. The summed E-state index contributed by atoms with van der Waals surface area (Å²) < 4.78 is 30.1. The fourth-order valence-electron chi connectivity index (χ4n) is 3.97. The molecule has 0 spiro atoms. The van der Waals surface area contributed by atoms with Gasteiger partial charge in [-0.25, -0.2) is 9.97 Å². The number of carbonyl (C=O) groups excluding carboxylic acids is 2. The molecule has 194 valence electrons. The minimum Gasteiger partial charge on any atom is -0.434 e. The lowest BCUT2D eigenvalue weighted by Crippen LogP contribution is -2.62. The summed E-state index contributed by atoms with van der Waals surface area (Å²) in [5.41, 5.74) is 1.13. The Kier molecular flexibility index (Phi) is 7.60. The van der Waals surface area contributed by atoms with Gasteiger partial charge < -0.3 is 30.5 Å². The number of hydrogen-bond acceptors (Lipinski definition) is 8. The number of nitrogens with one attached hydrogen (secondary N) is 2. The Morgan fingerprint density at radius 2 is 1.84 bits per heavy atom. The zero-order valence-electron chi connectivity index (χ0n) is 19.8. The van der Waals surface area contributed by atoms with Crippen LogP contribution in [-0.2, 0) is 16.9 Å². The first kappa shape index (κ1) is 25.9. The van der Waals surface area contributed by atoms with Gasteiger partial charge >= 0.3 is 6.61 Å². The maximum Gasteiger partial charge on any atom is 0.387 e. The number of para-hydroxylation sites is 1. The van der Waals surface area contributed by atoms with Crippen LogP contribution >= 0.6 is 0 Å². The number of carbonyl (C=O) groups is 2. The molecule has 2 heterocycles. The van der Waals surface area contributed by atoms with E-state index in [1.807, 2.05) is 0 Å². The van der Waals surface area contributed by atoms with Crippen molar-refractivity contribution in [3.8, 4) is 16.9 Å². The smallest absolute Gasteiger partial charge is 0.387 e. The SMILES string of the molecule is CNC(=O)c1ccc(-c2cnc(C3(O)CN(C(=O)CO)C3)nc2)cc1NCc1ccccc1OC(F)F. The first-order valence-corrected chi connectivity index (χ1v) is 11.3. The van der Waals surface area contributed by atoms with Crippen molar-refractivity contribution in [1.29, 1.82) is 0 Å². The van der Waals surface area contributed by atoms with Gasteiger partial charge in [0, 0.05) is 42.8 Å². The van der Waals surface area contributed by atoms with E-state index >= 15 is 0 Å². The molecular formula is C25H25F2N5O5. The first-order valence-electron chi connectivity index (χ1n) is 11.3. The number of amides is 2. The molecule has 0 atom stereocenters. The molecule has 1 saturated heterocycles. The lowest BCUT2D eigenvalue weighted by atomic mass is 9.93. The second kappa shape index (κ2) is 10.8. The number of ether oxygens (including phenoxy) is 1. The Morgan fingerprint density at radius 3 is 2.49 bits per heavy atom. The van der Waals surface area contributed by atoms with Crippen LogP contribution in [0.5, 0.6) is 5.75 Å². The molecule has 0 aliphatic carbocycles. The van der Waals surface area contributed by atoms with Crippen LogP contribution in [0.1, 0.15) is 21.7 Å². The Morgan fingerprint density at radius 1 is 1.14 bits per heavy atom. The van der Waals surface area contributed by atoms with Crippen molar-refractivity contribution in [1.82, 2.24) is 20.2 Å². The Bertz CT molecular complexity index is 1280. The number of likely N-dealkylation sites (tertiary alicyclic amines) is 1. The second-order valence-corrected chi connectivity index (χ2v) is 8.41. The van der Waals surface area contributed by atoms with Crippen LogP contribution in [-0.4, -0.2) is 70.3 Å². The van der Waals surface area contributed by atoms with Crippen LogP contribution in [0, 0.1) is 0 Å². The number of alkyl halides is 2. The van der Waals surface area contributed by atoms with Gasteiger partial charge in [-0.1, -0.05) is 24.3 Å². The van der Waals surface area contributed by atoms with E-state index in [1.54, 1.807) is 36.4 Å². The van der Waals surface area contributed by atoms with Crippen LogP contribution in [0.15, 0.2) is 54.9 Å². The first-order chi connectivity index (χ1) is 17.7. The molecule has 12 heteroatoms. The van der Waals surface area contributed by atoms with Crippen molar-refractivity contribution < 1.29 is 33.3 Å². The lowest BCUT2D eigenvalue weighted by molar-refractivity contribution is -0.161. The number of aliphatic hydroxyl groups excluding tert-OH is 1. The minimum atomic E-state index is -2.97. The maximum absolute atomic E-state index is 12.8. The number of halogens is 2. The molecular weight excluding hydrogens is 488 g/mol. The predicted octanol–water partition coefficient (Wildman–Crippen LogP) is 1.74. The third-order valence-corrected chi connectivity index (χ3v) is 5.94. The van der Waals surface area contributed by atoms with Crippen LogP contribution in [0.25, 0.3) is 11.1 Å². The number of benzene rings is 2. The highest BCUT2D eigenvalue weighted by molar-refractivity contribution is 6.00. The summed E-state index contributed by atoms with van der Waals surface area (Å²) >= 11 is 0. The Balaban J connectivity index is 1.55. The summed E-state index contributed by atoms with van der Waals surface area (Å²) in [7, 11) is 1.50. The van der Waals surface area contributed by atoms with Crippen LogP contribution in [0.2, 0.25) is 0 Å². The highest BCUT2D eigenvalue weighted by Crippen LogP contribution is 2.31. The van der Waals surface area contributed by atoms with E-state index in [2.05, 4.69) is 25.3 Å². The molecule has 1 aliphatic rings. The molecule has 2 amide bonds. The molecule has 3 aromatic rings. The number of nitrogens with zero attached hydrogens (tertiary/aromatic N) is 3. The third-order valence-electron chi connectivity index (χ3n) is 5.94. The van der Waals surface area contributed by atoms with Crippen molar-refractivity contribution in [3.63, 3.8) is 0 Å². The predicted molar refractivity (Wildman–Crippen MR) is 129 cm³/mol. The topological polar surface area (TPSA) is 137 Å². The van der Waals surface area contributed by atoms with Gasteiger partial charge in [-0.15, -0.1) is 0 Å². The average molecular weight is 514 g/mol. The Labute approximate surface area is 210 Å². The summed E-state index contributed by atoms with van der Waals surface area (Å²) in [6.07, 6.45) is 3.03. The number of hydrogen-bond donors (Lipinski definition) is 4. The van der Waals surface area contributed by atoms with E-state index in [0.717, 1.165) is 0 Å². The highest BCUT2D eigenvalue weighted by atomic mass is 19.3. The molecule has 4 rings (SSSR count). The van der Waals surface area contributed by atoms with Gasteiger partial charge in [-0.3, -0.25) is 9.59 Å². The van der Waals surface area contributed by atoms with E-state index in [-0.39, 0.29) is 37.1 Å². The van der Waals surface area contributed by atoms with Gasteiger partial charge in [0.25, 0.3) is 5.91 Å². The zero-order chi connectivity index (χ0) is 26.6. The lowest BCUT2D eigenvalue weighted by Gasteiger charge is -2.44. The summed E-state index contributed by atoms with van der Waals surface area (Å²) in [6.45, 7) is -3.52. The monoisotopic (exact) mass is 513 g/mol. The zero-order valence-corrected chi connectivity index (χ0v) is 19.8. The van der Waals surface area contributed by atoms with Gasteiger partial charge in [0.15, 0.2) is 11.4 Å². The minimum absolute atomic E-state index is 0.0165. The van der Waals surface area contributed by atoms with Crippen molar-refractivity contribution >= 4 is 17.5 Å². The third kappa shape index (κ3) is 5.65. The van der Waals surface area contributed by atoms with Gasteiger partial charge in [0.2, 0.25) is 5.91 Å². The molecule has 1 fully saturated rings. The molecule has 4 N–H and O–H groups in total.